The van der Waals surface area contributed by atoms with Crippen molar-refractivity contribution in [3.63, 3.8) is 0 Å². The minimum atomic E-state index is -1.20. The Balaban J connectivity index is 2.48. The molecule has 3 aromatic rings. The highest BCUT2D eigenvalue weighted by atomic mass is 32.1. The summed E-state index contributed by atoms with van der Waals surface area (Å²) in [7, 11) is 0. The molecule has 0 saturated carbocycles. The topological polar surface area (TPSA) is 133 Å². The van der Waals surface area contributed by atoms with Gasteiger partial charge in [-0.1, -0.05) is 12.2 Å². The van der Waals surface area contributed by atoms with Crippen molar-refractivity contribution < 1.29 is 15.2 Å². The van der Waals surface area contributed by atoms with Crippen LogP contribution in [0, 0.1) is 9.54 Å². The molecule has 0 aliphatic heterocycles. The third-order valence-electron chi connectivity index (χ3n) is 4.67. The average Bonchev–Trinajstić information content (AvgIpc) is 2.73. The first kappa shape index (κ1) is 22.1. The van der Waals surface area contributed by atoms with Crippen LogP contribution >= 0.6 is 24.4 Å². The lowest BCUT2D eigenvalue weighted by Gasteiger charge is -2.26. The van der Waals surface area contributed by atoms with E-state index in [9.17, 15) is 19.8 Å². The van der Waals surface area contributed by atoms with Gasteiger partial charge in [-0.05, 0) is 35.9 Å². The summed E-state index contributed by atoms with van der Waals surface area (Å²) in [5.74, 6) is -2.36. The van der Waals surface area contributed by atoms with E-state index in [1.807, 2.05) is 0 Å². The summed E-state index contributed by atoms with van der Waals surface area (Å²) < 4.78 is 2.31. The number of aromatic hydroxyl groups is 1. The Hall–Kier alpha value is -3.57. The maximum absolute atomic E-state index is 13.3. The van der Waals surface area contributed by atoms with E-state index in [-0.39, 0.29) is 33.8 Å². The molecule has 0 fully saturated rings. The number of hydrogen-bond acceptors (Lipinski definition) is 6. The molecular formula is C20H19N5O4S2. The summed E-state index contributed by atoms with van der Waals surface area (Å²) >= 11 is 10.2. The van der Waals surface area contributed by atoms with Gasteiger partial charge in [0, 0.05) is 30.8 Å². The van der Waals surface area contributed by atoms with E-state index in [4.69, 9.17) is 24.4 Å². The number of aromatic nitrogens is 5. The van der Waals surface area contributed by atoms with Crippen LogP contribution in [-0.4, -0.2) is 24.2 Å². The fourth-order valence-corrected chi connectivity index (χ4v) is 3.82. The molecule has 1 atom stereocenters. The molecule has 160 valence electrons. The summed E-state index contributed by atoms with van der Waals surface area (Å²) in [5, 5.41) is 24.2. The second-order valence-corrected chi connectivity index (χ2v) is 7.31. The number of hydrogen-bond donors (Lipinski definition) is 3. The summed E-state index contributed by atoms with van der Waals surface area (Å²) in [6.07, 6.45) is 6.09. The summed E-state index contributed by atoms with van der Waals surface area (Å²) in [4.78, 5) is 33.6. The predicted octanol–water partition coefficient (Wildman–Crippen LogP) is 1.27. The summed E-state index contributed by atoms with van der Waals surface area (Å²) in [5.41, 5.74) is -1.54. The fraction of sp³-hybridized carbons (Fsp3) is 0.150. The molecule has 0 radical (unpaired) electrons. The molecule has 3 aromatic heterocycles. The van der Waals surface area contributed by atoms with Gasteiger partial charge in [0.15, 0.2) is 21.9 Å². The van der Waals surface area contributed by atoms with Gasteiger partial charge >= 0.3 is 0 Å². The first-order valence-electron chi connectivity index (χ1n) is 9.09. The normalized spacial score (nSPS) is 11.7. The highest BCUT2D eigenvalue weighted by molar-refractivity contribution is 7.71. The van der Waals surface area contributed by atoms with Crippen molar-refractivity contribution in [1.82, 2.24) is 19.1 Å². The third-order valence-corrected chi connectivity index (χ3v) is 5.32. The van der Waals surface area contributed by atoms with E-state index in [0.717, 1.165) is 4.57 Å². The standard InChI is InChI=1S/C20H19N5O4S2/c1-3-9-24-17(28)13(15(26)22-19(24)30)12(11-5-7-21-8-6-11)14-16(27)23-20(31)25(10-4-2)18(14)29/h3-8,12,28-29H,1-2,9-10H2,(H,22,26,30)(H,23,27,31). The molecule has 9 nitrogen and oxygen atoms in total. The van der Waals surface area contributed by atoms with Crippen LogP contribution in [0.3, 0.4) is 0 Å². The molecule has 0 amide bonds. The monoisotopic (exact) mass is 457 g/mol. The molecule has 0 saturated heterocycles. The van der Waals surface area contributed by atoms with E-state index < -0.39 is 28.8 Å². The SMILES string of the molecule is C=CCn1c([O-])c(C(c2cc[nH+]cc2)c2c(O)n(CC=C)c(=S)[nH]c2=O)c(=O)[nH]c1=S. The molecule has 3 heterocycles. The van der Waals surface area contributed by atoms with Crippen LogP contribution in [0.5, 0.6) is 11.8 Å². The Morgan fingerprint density at radius 2 is 1.55 bits per heavy atom. The summed E-state index contributed by atoms with van der Waals surface area (Å²) in [6.45, 7) is 7.38. The van der Waals surface area contributed by atoms with Gasteiger partial charge in [0.25, 0.3) is 11.1 Å². The van der Waals surface area contributed by atoms with Crippen LogP contribution in [0.1, 0.15) is 22.6 Å². The minimum Gasteiger partial charge on any atom is -0.860 e. The quantitative estimate of drug-likeness (QED) is 0.361. The van der Waals surface area contributed by atoms with Crippen molar-refractivity contribution in [2.24, 2.45) is 0 Å². The predicted molar refractivity (Wildman–Crippen MR) is 117 cm³/mol. The number of rotatable bonds is 7. The van der Waals surface area contributed by atoms with Crippen molar-refractivity contribution in [3.8, 4) is 11.8 Å². The Labute approximate surface area is 186 Å². The van der Waals surface area contributed by atoms with Crippen molar-refractivity contribution >= 4 is 24.4 Å². The van der Waals surface area contributed by atoms with Crippen LogP contribution < -0.4 is 21.2 Å². The van der Waals surface area contributed by atoms with Gasteiger partial charge in [0.1, 0.15) is 0 Å². The number of H-pyrrole nitrogens is 3. The largest absolute Gasteiger partial charge is 0.860 e. The van der Waals surface area contributed by atoms with Gasteiger partial charge in [-0.25, -0.2) is 4.98 Å². The van der Waals surface area contributed by atoms with E-state index in [1.165, 1.54) is 16.7 Å². The maximum atomic E-state index is 13.3. The lowest BCUT2D eigenvalue weighted by Crippen LogP contribution is -2.30. The molecule has 0 spiro atoms. The molecule has 0 aliphatic carbocycles. The first-order chi connectivity index (χ1) is 14.8. The zero-order chi connectivity index (χ0) is 22.7. The van der Waals surface area contributed by atoms with Gasteiger partial charge in [-0.15, -0.1) is 13.2 Å². The van der Waals surface area contributed by atoms with Crippen molar-refractivity contribution in [1.29, 1.82) is 0 Å². The minimum absolute atomic E-state index is 0.0230. The van der Waals surface area contributed by atoms with Gasteiger partial charge in [0.05, 0.1) is 11.5 Å². The molecule has 4 N–H and O–H groups in total. The molecule has 1 unspecified atom stereocenters. The smallest absolute Gasteiger partial charge is 0.259 e. The molecule has 3 rings (SSSR count). The van der Waals surface area contributed by atoms with Crippen molar-refractivity contribution in [3.05, 3.63) is 96.8 Å². The van der Waals surface area contributed by atoms with Gasteiger partial charge < -0.3 is 14.8 Å². The molecule has 11 heteroatoms. The van der Waals surface area contributed by atoms with E-state index in [1.54, 1.807) is 24.5 Å². The Morgan fingerprint density at radius 3 is 2.13 bits per heavy atom. The van der Waals surface area contributed by atoms with Crippen LogP contribution in [0.4, 0.5) is 0 Å². The number of nitrogens with zero attached hydrogens (tertiary/aromatic N) is 2. The molecule has 0 bridgehead atoms. The fourth-order valence-electron chi connectivity index (χ4n) is 3.32. The van der Waals surface area contributed by atoms with Gasteiger partial charge in [-0.3, -0.25) is 24.1 Å². The highest BCUT2D eigenvalue weighted by Crippen LogP contribution is 2.35. The zero-order valence-electron chi connectivity index (χ0n) is 16.3. The van der Waals surface area contributed by atoms with Crippen LogP contribution in [0.15, 0.2) is 59.4 Å². The van der Waals surface area contributed by atoms with Crippen molar-refractivity contribution in [2.45, 2.75) is 19.0 Å². The number of allylic oxidation sites excluding steroid dienone is 2. The van der Waals surface area contributed by atoms with Gasteiger partial charge in [0.2, 0.25) is 5.88 Å². The van der Waals surface area contributed by atoms with Crippen LogP contribution in [-0.2, 0) is 13.1 Å². The zero-order valence-corrected chi connectivity index (χ0v) is 17.9. The van der Waals surface area contributed by atoms with E-state index in [0.29, 0.717) is 5.56 Å². The Morgan fingerprint density at radius 1 is 1.03 bits per heavy atom. The van der Waals surface area contributed by atoms with Gasteiger partial charge in [-0.2, -0.15) is 0 Å². The summed E-state index contributed by atoms with van der Waals surface area (Å²) in [6, 6.07) is 3.20. The van der Waals surface area contributed by atoms with E-state index >= 15 is 0 Å². The maximum Gasteiger partial charge on any atom is 0.259 e. The lowest BCUT2D eigenvalue weighted by atomic mass is 9.87. The molecule has 0 aromatic carbocycles. The first-order valence-corrected chi connectivity index (χ1v) is 9.91. The molecule has 0 aliphatic rings. The highest BCUT2D eigenvalue weighted by Gasteiger charge is 2.29. The third kappa shape index (κ3) is 4.05. The van der Waals surface area contributed by atoms with E-state index in [2.05, 4.69) is 28.1 Å². The molecule has 31 heavy (non-hydrogen) atoms. The Kier molecular flexibility index (Phi) is 6.47. The lowest BCUT2D eigenvalue weighted by molar-refractivity contribution is -0.378. The number of nitrogens with one attached hydrogen (secondary N) is 3. The number of pyridine rings is 1. The van der Waals surface area contributed by atoms with Crippen LogP contribution in [0.2, 0.25) is 0 Å². The van der Waals surface area contributed by atoms with Crippen molar-refractivity contribution in [2.75, 3.05) is 0 Å². The second-order valence-electron chi connectivity index (χ2n) is 6.54. The van der Waals surface area contributed by atoms with Crippen LogP contribution in [0.25, 0.3) is 0 Å². The second kappa shape index (κ2) is 9.06. The Bertz CT molecular complexity index is 1300. The average molecular weight is 458 g/mol. The number of aromatic amines is 3. The molecular weight excluding hydrogens is 438 g/mol.